The van der Waals surface area contributed by atoms with E-state index in [9.17, 15) is 9.59 Å². The first-order chi connectivity index (χ1) is 7.04. The van der Waals surface area contributed by atoms with E-state index in [4.69, 9.17) is 11.5 Å². The molecule has 7 nitrogen and oxygen atoms in total. The summed E-state index contributed by atoms with van der Waals surface area (Å²) in [5.41, 5.74) is 10.8. The highest BCUT2D eigenvalue weighted by Crippen LogP contribution is 2.08. The third-order valence-corrected chi connectivity index (χ3v) is 1.75. The van der Waals surface area contributed by atoms with Crippen molar-refractivity contribution in [2.75, 3.05) is 12.3 Å². The Kier molecular flexibility index (Phi) is 3.27. The molecule has 15 heavy (non-hydrogen) atoms. The Morgan fingerprint density at radius 3 is 2.73 bits per heavy atom. The molecule has 0 saturated carbocycles. The Morgan fingerprint density at radius 1 is 1.60 bits per heavy atom. The molecule has 1 aromatic rings. The van der Waals surface area contributed by atoms with Crippen molar-refractivity contribution in [2.45, 2.75) is 13.5 Å². The lowest BCUT2D eigenvalue weighted by atomic mass is 10.3. The van der Waals surface area contributed by atoms with Gasteiger partial charge in [-0.15, -0.1) is 0 Å². The number of amides is 2. The number of primary amides is 1. The molecule has 0 aliphatic rings. The number of hydrogen-bond acceptors (Lipinski definition) is 4. The number of anilines is 1. The molecule has 1 heterocycles. The molecule has 1 aromatic heterocycles. The summed E-state index contributed by atoms with van der Waals surface area (Å²) in [6.45, 7) is 2.27. The van der Waals surface area contributed by atoms with E-state index in [2.05, 4.69) is 10.4 Å². The summed E-state index contributed by atoms with van der Waals surface area (Å²) in [5.74, 6) is -1.12. The maximum atomic E-state index is 11.4. The molecule has 0 aromatic carbocycles. The van der Waals surface area contributed by atoms with Crippen LogP contribution in [0.2, 0.25) is 0 Å². The summed E-state index contributed by atoms with van der Waals surface area (Å²) in [7, 11) is 0. The quantitative estimate of drug-likeness (QED) is 0.574. The van der Waals surface area contributed by atoms with Crippen LogP contribution in [0.15, 0.2) is 6.20 Å². The largest absolute Gasteiger partial charge is 0.396 e. The van der Waals surface area contributed by atoms with Crippen LogP contribution in [0, 0.1) is 0 Å². The van der Waals surface area contributed by atoms with Gasteiger partial charge in [-0.3, -0.25) is 14.3 Å². The zero-order valence-corrected chi connectivity index (χ0v) is 8.36. The van der Waals surface area contributed by atoms with Gasteiger partial charge in [0.2, 0.25) is 5.91 Å². The summed E-state index contributed by atoms with van der Waals surface area (Å²) in [5, 5.41) is 6.24. The fourth-order valence-electron chi connectivity index (χ4n) is 1.03. The van der Waals surface area contributed by atoms with E-state index in [1.165, 1.54) is 4.68 Å². The van der Waals surface area contributed by atoms with Gasteiger partial charge in [0.1, 0.15) is 0 Å². The van der Waals surface area contributed by atoms with Gasteiger partial charge in [-0.1, -0.05) is 0 Å². The molecule has 82 valence electrons. The third kappa shape index (κ3) is 2.70. The zero-order valence-electron chi connectivity index (χ0n) is 8.36. The predicted molar refractivity (Wildman–Crippen MR) is 53.8 cm³/mol. The average molecular weight is 211 g/mol. The molecule has 0 aliphatic carbocycles. The second-order valence-corrected chi connectivity index (χ2v) is 2.94. The molecule has 0 saturated heterocycles. The number of hydrogen-bond donors (Lipinski definition) is 3. The van der Waals surface area contributed by atoms with Crippen molar-refractivity contribution in [1.82, 2.24) is 15.1 Å². The number of carbonyl (C=O) groups excluding carboxylic acids is 2. The van der Waals surface area contributed by atoms with E-state index in [-0.39, 0.29) is 17.9 Å². The van der Waals surface area contributed by atoms with Gasteiger partial charge in [0.05, 0.1) is 12.2 Å². The maximum absolute atomic E-state index is 11.4. The number of carbonyl (C=O) groups is 2. The van der Waals surface area contributed by atoms with Crippen LogP contribution in [0.5, 0.6) is 0 Å². The van der Waals surface area contributed by atoms with Crippen LogP contribution in [0.25, 0.3) is 0 Å². The number of aromatic nitrogens is 2. The van der Waals surface area contributed by atoms with E-state index < -0.39 is 11.8 Å². The Morgan fingerprint density at radius 2 is 2.27 bits per heavy atom. The van der Waals surface area contributed by atoms with Crippen molar-refractivity contribution in [3.05, 3.63) is 11.9 Å². The standard InChI is InChI=1S/C8H13N5O2/c1-2-13-4-5(9)7(12-13)8(15)11-3-6(10)14/h4H,2-3,9H2,1H3,(H2,10,14)(H,11,15). The minimum Gasteiger partial charge on any atom is -0.396 e. The van der Waals surface area contributed by atoms with Gasteiger partial charge in [-0.05, 0) is 6.92 Å². The minimum atomic E-state index is -0.614. The van der Waals surface area contributed by atoms with Crippen LogP contribution in [0.3, 0.4) is 0 Å². The van der Waals surface area contributed by atoms with E-state index in [1.807, 2.05) is 6.92 Å². The molecule has 0 atom stereocenters. The van der Waals surface area contributed by atoms with Crippen LogP contribution in [0.4, 0.5) is 5.69 Å². The second kappa shape index (κ2) is 4.45. The van der Waals surface area contributed by atoms with E-state index >= 15 is 0 Å². The fraction of sp³-hybridized carbons (Fsp3) is 0.375. The van der Waals surface area contributed by atoms with Crippen LogP contribution < -0.4 is 16.8 Å². The first-order valence-corrected chi connectivity index (χ1v) is 4.44. The van der Waals surface area contributed by atoms with Gasteiger partial charge < -0.3 is 16.8 Å². The third-order valence-electron chi connectivity index (χ3n) is 1.75. The Balaban J connectivity index is 2.72. The number of rotatable bonds is 4. The van der Waals surface area contributed by atoms with Crippen molar-refractivity contribution >= 4 is 17.5 Å². The Hall–Kier alpha value is -2.05. The number of nitrogens with one attached hydrogen (secondary N) is 1. The summed E-state index contributed by atoms with van der Waals surface area (Å²) in [4.78, 5) is 21.9. The molecule has 7 heteroatoms. The highest BCUT2D eigenvalue weighted by atomic mass is 16.2. The first kappa shape index (κ1) is 11.0. The van der Waals surface area contributed by atoms with Crippen LogP contribution >= 0.6 is 0 Å². The first-order valence-electron chi connectivity index (χ1n) is 4.44. The zero-order chi connectivity index (χ0) is 11.4. The van der Waals surface area contributed by atoms with Gasteiger partial charge in [0.15, 0.2) is 5.69 Å². The lowest BCUT2D eigenvalue weighted by molar-refractivity contribution is -0.117. The fourth-order valence-corrected chi connectivity index (χ4v) is 1.03. The molecule has 0 radical (unpaired) electrons. The SMILES string of the molecule is CCn1cc(N)c(C(=O)NCC(N)=O)n1. The van der Waals surface area contributed by atoms with E-state index in [0.717, 1.165) is 0 Å². The monoisotopic (exact) mass is 211 g/mol. The van der Waals surface area contributed by atoms with Gasteiger partial charge in [0, 0.05) is 12.7 Å². The summed E-state index contributed by atoms with van der Waals surface area (Å²) in [6.07, 6.45) is 1.55. The van der Waals surface area contributed by atoms with Gasteiger partial charge in [0.25, 0.3) is 5.91 Å². The van der Waals surface area contributed by atoms with Gasteiger partial charge in [-0.25, -0.2) is 0 Å². The van der Waals surface area contributed by atoms with E-state index in [0.29, 0.717) is 6.54 Å². The number of nitrogens with zero attached hydrogens (tertiary/aromatic N) is 2. The summed E-state index contributed by atoms with van der Waals surface area (Å²) >= 11 is 0. The second-order valence-electron chi connectivity index (χ2n) is 2.94. The van der Waals surface area contributed by atoms with Crippen LogP contribution in [-0.2, 0) is 11.3 Å². The van der Waals surface area contributed by atoms with Gasteiger partial charge >= 0.3 is 0 Å². The molecule has 0 spiro atoms. The highest BCUT2D eigenvalue weighted by Gasteiger charge is 2.14. The van der Waals surface area contributed by atoms with Gasteiger partial charge in [-0.2, -0.15) is 5.10 Å². The molecular formula is C8H13N5O2. The van der Waals surface area contributed by atoms with Crippen molar-refractivity contribution < 1.29 is 9.59 Å². The lowest BCUT2D eigenvalue weighted by Gasteiger charge is -1.99. The van der Waals surface area contributed by atoms with Crippen LogP contribution in [0.1, 0.15) is 17.4 Å². The van der Waals surface area contributed by atoms with Crippen molar-refractivity contribution in [3.63, 3.8) is 0 Å². The van der Waals surface area contributed by atoms with Crippen molar-refractivity contribution in [1.29, 1.82) is 0 Å². The Labute approximate surface area is 86.4 Å². The van der Waals surface area contributed by atoms with E-state index in [1.54, 1.807) is 6.20 Å². The normalized spacial score (nSPS) is 9.93. The minimum absolute atomic E-state index is 0.109. The molecule has 0 fully saturated rings. The highest BCUT2D eigenvalue weighted by molar-refractivity contribution is 5.98. The maximum Gasteiger partial charge on any atom is 0.274 e. The van der Waals surface area contributed by atoms with Crippen molar-refractivity contribution in [2.24, 2.45) is 5.73 Å². The van der Waals surface area contributed by atoms with Crippen LogP contribution in [-0.4, -0.2) is 28.1 Å². The number of aryl methyl sites for hydroxylation is 1. The molecule has 0 bridgehead atoms. The summed E-state index contributed by atoms with van der Waals surface area (Å²) in [6, 6.07) is 0. The predicted octanol–water partition coefficient (Wildman–Crippen LogP) is -1.30. The molecule has 0 aliphatic heterocycles. The molecular weight excluding hydrogens is 198 g/mol. The Bertz CT molecular complexity index is 384. The molecule has 0 unspecified atom stereocenters. The lowest BCUT2D eigenvalue weighted by Crippen LogP contribution is -2.33. The number of nitrogens with two attached hydrogens (primary N) is 2. The molecule has 5 N–H and O–H groups in total. The molecule has 1 rings (SSSR count). The van der Waals surface area contributed by atoms with Crippen molar-refractivity contribution in [3.8, 4) is 0 Å². The molecule has 2 amide bonds. The summed E-state index contributed by atoms with van der Waals surface area (Å²) < 4.78 is 1.54. The number of nitrogen functional groups attached to an aromatic ring is 1. The average Bonchev–Trinajstić information content (AvgIpc) is 2.56. The smallest absolute Gasteiger partial charge is 0.274 e. The topological polar surface area (TPSA) is 116 Å².